The molecule has 24 heavy (non-hydrogen) atoms. The Hall–Kier alpha value is -2.12. The van der Waals surface area contributed by atoms with Crippen LogP contribution in [0.25, 0.3) is 0 Å². The molecular weight excluding hydrogens is 303 g/mol. The number of allylic oxidation sites excluding steroid dienone is 1. The standard InChI is InChI=1S/C20H25FN2O/c1-2-14-23(15-18-8-10-19(21)11-9-18)16-20(24)22-13-12-17-6-4-3-5-7-17/h1,6,8-11H,3-5,7,12-16H2,(H,22,24). The summed E-state index contributed by atoms with van der Waals surface area (Å²) in [4.78, 5) is 14.0. The molecule has 0 unspecified atom stereocenters. The van der Waals surface area contributed by atoms with Gasteiger partial charge in [-0.25, -0.2) is 4.39 Å². The molecule has 0 atom stereocenters. The molecule has 3 nitrogen and oxygen atoms in total. The molecule has 0 fully saturated rings. The van der Waals surface area contributed by atoms with Gasteiger partial charge in [-0.15, -0.1) is 6.42 Å². The summed E-state index contributed by atoms with van der Waals surface area (Å²) < 4.78 is 13.0. The number of nitrogens with one attached hydrogen (secondary N) is 1. The summed E-state index contributed by atoms with van der Waals surface area (Å²) in [7, 11) is 0. The van der Waals surface area contributed by atoms with Crippen LogP contribution in [0.1, 0.15) is 37.7 Å². The predicted octanol–water partition coefficient (Wildman–Crippen LogP) is 3.27. The highest BCUT2D eigenvalue weighted by Gasteiger charge is 2.11. The second kappa shape index (κ2) is 9.89. The van der Waals surface area contributed by atoms with Gasteiger partial charge in [0, 0.05) is 13.1 Å². The number of carbonyl (C=O) groups is 1. The minimum Gasteiger partial charge on any atom is -0.355 e. The van der Waals surface area contributed by atoms with Gasteiger partial charge in [0.1, 0.15) is 5.82 Å². The molecule has 1 N–H and O–H groups in total. The fourth-order valence-electron chi connectivity index (χ4n) is 2.90. The molecule has 0 heterocycles. The van der Waals surface area contributed by atoms with Crippen molar-refractivity contribution in [3.8, 4) is 12.3 Å². The number of carbonyl (C=O) groups excluding carboxylic acids is 1. The van der Waals surface area contributed by atoms with Crippen molar-refractivity contribution < 1.29 is 9.18 Å². The van der Waals surface area contributed by atoms with Crippen LogP contribution in [-0.2, 0) is 11.3 Å². The maximum Gasteiger partial charge on any atom is 0.234 e. The molecule has 0 saturated heterocycles. The van der Waals surface area contributed by atoms with E-state index in [4.69, 9.17) is 6.42 Å². The average Bonchev–Trinajstić information content (AvgIpc) is 2.58. The molecule has 1 aromatic rings. The Labute approximate surface area is 143 Å². The van der Waals surface area contributed by atoms with Gasteiger partial charge in [0.25, 0.3) is 0 Å². The number of halogens is 1. The van der Waals surface area contributed by atoms with E-state index in [0.717, 1.165) is 24.8 Å². The summed E-state index contributed by atoms with van der Waals surface area (Å²) in [5.74, 6) is 2.28. The monoisotopic (exact) mass is 328 g/mol. The number of nitrogens with zero attached hydrogens (tertiary/aromatic N) is 1. The molecular formula is C20H25FN2O. The summed E-state index contributed by atoms with van der Waals surface area (Å²) in [6, 6.07) is 6.27. The lowest BCUT2D eigenvalue weighted by Gasteiger charge is -2.19. The third-order valence-corrected chi connectivity index (χ3v) is 4.15. The van der Waals surface area contributed by atoms with Gasteiger partial charge >= 0.3 is 0 Å². The zero-order chi connectivity index (χ0) is 17.2. The third kappa shape index (κ3) is 6.55. The minimum absolute atomic E-state index is 0.0243. The lowest BCUT2D eigenvalue weighted by atomic mass is 9.97. The molecule has 1 aliphatic carbocycles. The van der Waals surface area contributed by atoms with Crippen LogP contribution in [0.4, 0.5) is 4.39 Å². The highest BCUT2D eigenvalue weighted by Crippen LogP contribution is 2.19. The van der Waals surface area contributed by atoms with Crippen LogP contribution in [-0.4, -0.2) is 30.4 Å². The summed E-state index contributed by atoms with van der Waals surface area (Å²) in [6.07, 6.45) is 13.5. The Bertz CT molecular complexity index is 601. The molecule has 128 valence electrons. The number of benzene rings is 1. The number of rotatable bonds is 8. The molecule has 0 aliphatic heterocycles. The molecule has 1 aliphatic rings. The first-order chi connectivity index (χ1) is 11.7. The first-order valence-corrected chi connectivity index (χ1v) is 8.52. The average molecular weight is 328 g/mol. The van der Waals surface area contributed by atoms with Gasteiger partial charge in [-0.1, -0.05) is 29.7 Å². The van der Waals surface area contributed by atoms with Gasteiger partial charge < -0.3 is 5.32 Å². The van der Waals surface area contributed by atoms with Crippen LogP contribution in [0, 0.1) is 18.2 Å². The lowest BCUT2D eigenvalue weighted by molar-refractivity contribution is -0.122. The summed E-state index contributed by atoms with van der Waals surface area (Å²) >= 11 is 0. The van der Waals surface area contributed by atoms with Gasteiger partial charge in [0.2, 0.25) is 5.91 Å². The highest BCUT2D eigenvalue weighted by molar-refractivity contribution is 5.78. The number of hydrogen-bond donors (Lipinski definition) is 1. The van der Waals surface area contributed by atoms with Crippen LogP contribution in [0.3, 0.4) is 0 Å². The van der Waals surface area contributed by atoms with Gasteiger partial charge in [-0.05, 0) is 49.8 Å². The van der Waals surface area contributed by atoms with Crippen molar-refractivity contribution in [1.82, 2.24) is 10.2 Å². The van der Waals surface area contributed by atoms with Crippen LogP contribution in [0.5, 0.6) is 0 Å². The highest BCUT2D eigenvalue weighted by atomic mass is 19.1. The van der Waals surface area contributed by atoms with E-state index in [1.165, 1.54) is 30.5 Å². The molecule has 0 aromatic heterocycles. The van der Waals surface area contributed by atoms with Crippen LogP contribution < -0.4 is 5.32 Å². The van der Waals surface area contributed by atoms with Crippen LogP contribution >= 0.6 is 0 Å². The lowest BCUT2D eigenvalue weighted by Crippen LogP contribution is -2.37. The third-order valence-electron chi connectivity index (χ3n) is 4.15. The van der Waals surface area contributed by atoms with E-state index in [-0.39, 0.29) is 18.3 Å². The maximum absolute atomic E-state index is 13.0. The Morgan fingerprint density at radius 2 is 2.08 bits per heavy atom. The fraction of sp³-hybridized carbons (Fsp3) is 0.450. The predicted molar refractivity (Wildman–Crippen MR) is 94.7 cm³/mol. The molecule has 1 aromatic carbocycles. The number of hydrogen-bond acceptors (Lipinski definition) is 2. The second-order valence-electron chi connectivity index (χ2n) is 6.18. The second-order valence-corrected chi connectivity index (χ2v) is 6.18. The van der Waals surface area contributed by atoms with E-state index in [0.29, 0.717) is 19.6 Å². The molecule has 0 spiro atoms. The largest absolute Gasteiger partial charge is 0.355 e. The topological polar surface area (TPSA) is 32.3 Å². The first-order valence-electron chi connectivity index (χ1n) is 8.52. The Kier molecular flexibility index (Phi) is 7.51. The first kappa shape index (κ1) is 18.2. The van der Waals surface area contributed by atoms with E-state index in [9.17, 15) is 9.18 Å². The zero-order valence-corrected chi connectivity index (χ0v) is 14.1. The zero-order valence-electron chi connectivity index (χ0n) is 14.1. The van der Waals surface area contributed by atoms with Crippen molar-refractivity contribution in [3.63, 3.8) is 0 Å². The Balaban J connectivity index is 1.76. The van der Waals surface area contributed by atoms with Gasteiger partial charge in [0.05, 0.1) is 13.1 Å². The molecule has 4 heteroatoms. The van der Waals surface area contributed by atoms with Crippen molar-refractivity contribution in [3.05, 3.63) is 47.3 Å². The summed E-state index contributed by atoms with van der Waals surface area (Å²) in [5.41, 5.74) is 2.39. The molecule has 0 radical (unpaired) electrons. The smallest absolute Gasteiger partial charge is 0.234 e. The van der Waals surface area contributed by atoms with E-state index >= 15 is 0 Å². The summed E-state index contributed by atoms with van der Waals surface area (Å²) in [5, 5.41) is 2.96. The van der Waals surface area contributed by atoms with Crippen molar-refractivity contribution >= 4 is 5.91 Å². The molecule has 0 saturated carbocycles. The molecule has 1 amide bonds. The maximum atomic E-state index is 13.0. The van der Waals surface area contributed by atoms with E-state index in [1.54, 1.807) is 12.1 Å². The number of amides is 1. The van der Waals surface area contributed by atoms with E-state index in [2.05, 4.69) is 17.3 Å². The number of terminal acetylenes is 1. The Morgan fingerprint density at radius 3 is 2.75 bits per heavy atom. The molecule has 0 bridgehead atoms. The van der Waals surface area contributed by atoms with Gasteiger partial charge in [-0.3, -0.25) is 9.69 Å². The normalized spacial score (nSPS) is 14.1. The van der Waals surface area contributed by atoms with Gasteiger partial charge in [-0.2, -0.15) is 0 Å². The summed E-state index contributed by atoms with van der Waals surface area (Å²) in [6.45, 7) is 1.84. The minimum atomic E-state index is -0.267. The van der Waals surface area contributed by atoms with Gasteiger partial charge in [0.15, 0.2) is 0 Å². The van der Waals surface area contributed by atoms with Crippen molar-refractivity contribution in [2.24, 2.45) is 0 Å². The van der Waals surface area contributed by atoms with Crippen molar-refractivity contribution in [1.29, 1.82) is 0 Å². The van der Waals surface area contributed by atoms with Crippen molar-refractivity contribution in [2.75, 3.05) is 19.6 Å². The molecule has 2 rings (SSSR count). The van der Waals surface area contributed by atoms with Crippen LogP contribution in [0.2, 0.25) is 0 Å². The van der Waals surface area contributed by atoms with E-state index in [1.807, 2.05) is 4.90 Å². The van der Waals surface area contributed by atoms with E-state index < -0.39 is 0 Å². The fourth-order valence-corrected chi connectivity index (χ4v) is 2.90. The van der Waals surface area contributed by atoms with Crippen molar-refractivity contribution in [2.45, 2.75) is 38.6 Å². The quantitative estimate of drug-likeness (QED) is 0.587. The van der Waals surface area contributed by atoms with Crippen LogP contribution in [0.15, 0.2) is 35.9 Å². The SMILES string of the molecule is C#CCN(CC(=O)NCCC1=CCCCC1)Cc1ccc(F)cc1. The Morgan fingerprint density at radius 1 is 1.29 bits per heavy atom.